The van der Waals surface area contributed by atoms with Crippen LogP contribution in [0.5, 0.6) is 0 Å². The molecule has 2 unspecified atom stereocenters. The zero-order chi connectivity index (χ0) is 13.8. The van der Waals surface area contributed by atoms with E-state index in [-0.39, 0.29) is 6.03 Å². The minimum Gasteiger partial charge on any atom is -0.332 e. The number of rotatable bonds is 2. The van der Waals surface area contributed by atoms with Crippen molar-refractivity contribution in [2.24, 2.45) is 11.8 Å². The van der Waals surface area contributed by atoms with E-state index in [0.29, 0.717) is 18.4 Å². The molecule has 1 N–H and O–H groups in total. The highest BCUT2D eigenvalue weighted by Crippen LogP contribution is 2.20. The first-order valence-corrected chi connectivity index (χ1v) is 6.86. The number of nitrogens with one attached hydrogen (secondary N) is 1. The summed E-state index contributed by atoms with van der Waals surface area (Å²) in [6, 6.07) is 1.84. The smallest absolute Gasteiger partial charge is 0.317 e. The SMILES string of the molecule is Cc1nccc(CNC(=O)N2CC(C)CC(C)C2)n1. The van der Waals surface area contributed by atoms with Gasteiger partial charge in [-0.05, 0) is 31.2 Å². The first-order valence-electron chi connectivity index (χ1n) is 6.86. The first kappa shape index (κ1) is 13.8. The standard InChI is InChI=1S/C14H22N4O/c1-10-6-11(2)9-18(8-10)14(19)16-7-13-4-5-15-12(3)17-13/h4-5,10-11H,6-9H2,1-3H3,(H,16,19). The third kappa shape index (κ3) is 3.91. The van der Waals surface area contributed by atoms with Crippen molar-refractivity contribution in [3.63, 3.8) is 0 Å². The van der Waals surface area contributed by atoms with Crippen molar-refractivity contribution in [2.75, 3.05) is 13.1 Å². The van der Waals surface area contributed by atoms with Crippen molar-refractivity contribution in [1.29, 1.82) is 0 Å². The van der Waals surface area contributed by atoms with Crippen LogP contribution in [0.1, 0.15) is 31.8 Å². The van der Waals surface area contributed by atoms with Gasteiger partial charge in [-0.3, -0.25) is 0 Å². The van der Waals surface area contributed by atoms with Gasteiger partial charge < -0.3 is 10.2 Å². The Balaban J connectivity index is 1.87. The molecule has 0 aromatic carbocycles. The molecule has 2 atom stereocenters. The van der Waals surface area contributed by atoms with Gasteiger partial charge in [0.25, 0.3) is 0 Å². The predicted octanol–water partition coefficient (Wildman–Crippen LogP) is 1.97. The highest BCUT2D eigenvalue weighted by Gasteiger charge is 2.25. The molecule has 5 nitrogen and oxygen atoms in total. The van der Waals surface area contributed by atoms with Crippen molar-refractivity contribution in [3.05, 3.63) is 23.8 Å². The van der Waals surface area contributed by atoms with E-state index in [1.807, 2.05) is 17.9 Å². The number of aromatic nitrogens is 2. The van der Waals surface area contributed by atoms with E-state index in [1.54, 1.807) is 6.20 Å². The van der Waals surface area contributed by atoms with Crippen LogP contribution in [0.3, 0.4) is 0 Å². The molecule has 19 heavy (non-hydrogen) atoms. The van der Waals surface area contributed by atoms with E-state index >= 15 is 0 Å². The second-order valence-electron chi connectivity index (χ2n) is 5.60. The molecule has 0 radical (unpaired) electrons. The van der Waals surface area contributed by atoms with E-state index in [0.717, 1.165) is 24.6 Å². The number of piperidine rings is 1. The summed E-state index contributed by atoms with van der Waals surface area (Å²) in [5.41, 5.74) is 0.846. The zero-order valence-corrected chi connectivity index (χ0v) is 11.9. The van der Waals surface area contributed by atoms with Gasteiger partial charge in [0.2, 0.25) is 0 Å². The van der Waals surface area contributed by atoms with Gasteiger partial charge in [0, 0.05) is 19.3 Å². The molecule has 1 saturated heterocycles. The van der Waals surface area contributed by atoms with Gasteiger partial charge >= 0.3 is 6.03 Å². The number of aryl methyl sites for hydroxylation is 1. The van der Waals surface area contributed by atoms with Gasteiger partial charge in [-0.25, -0.2) is 14.8 Å². The van der Waals surface area contributed by atoms with Gasteiger partial charge in [0.05, 0.1) is 12.2 Å². The summed E-state index contributed by atoms with van der Waals surface area (Å²) < 4.78 is 0. The van der Waals surface area contributed by atoms with E-state index in [4.69, 9.17) is 0 Å². The van der Waals surface area contributed by atoms with Crippen molar-refractivity contribution >= 4 is 6.03 Å². The Hall–Kier alpha value is -1.65. The fourth-order valence-electron chi connectivity index (χ4n) is 2.71. The molecule has 1 aromatic heterocycles. The van der Waals surface area contributed by atoms with Gasteiger partial charge in [-0.15, -0.1) is 0 Å². The van der Waals surface area contributed by atoms with Gasteiger partial charge in [-0.1, -0.05) is 13.8 Å². The topological polar surface area (TPSA) is 58.1 Å². The van der Waals surface area contributed by atoms with Crippen molar-refractivity contribution < 1.29 is 4.79 Å². The number of likely N-dealkylation sites (tertiary alicyclic amines) is 1. The number of hydrogen-bond acceptors (Lipinski definition) is 3. The second-order valence-corrected chi connectivity index (χ2v) is 5.60. The van der Waals surface area contributed by atoms with Crippen LogP contribution in [-0.2, 0) is 6.54 Å². The normalized spacial score (nSPS) is 23.2. The van der Waals surface area contributed by atoms with Crippen LogP contribution < -0.4 is 5.32 Å². The average Bonchev–Trinajstić information content (AvgIpc) is 2.35. The number of hydrogen-bond donors (Lipinski definition) is 1. The molecule has 0 spiro atoms. The number of carbonyl (C=O) groups excluding carboxylic acids is 1. The number of carbonyl (C=O) groups is 1. The lowest BCUT2D eigenvalue weighted by molar-refractivity contribution is 0.146. The number of urea groups is 1. The Morgan fingerprint density at radius 1 is 1.42 bits per heavy atom. The Kier molecular flexibility index (Phi) is 4.35. The molecule has 0 aliphatic carbocycles. The Morgan fingerprint density at radius 3 is 2.74 bits per heavy atom. The van der Waals surface area contributed by atoms with Crippen LogP contribution in [0.4, 0.5) is 4.79 Å². The maximum Gasteiger partial charge on any atom is 0.317 e. The van der Waals surface area contributed by atoms with E-state index < -0.39 is 0 Å². The van der Waals surface area contributed by atoms with Gasteiger partial charge in [0.1, 0.15) is 5.82 Å². The largest absolute Gasteiger partial charge is 0.332 e. The lowest BCUT2D eigenvalue weighted by atomic mass is 9.92. The Labute approximate surface area is 114 Å². The van der Waals surface area contributed by atoms with Crippen LogP contribution in [0, 0.1) is 18.8 Å². The molecule has 0 saturated carbocycles. The summed E-state index contributed by atoms with van der Waals surface area (Å²) in [5, 5.41) is 2.93. The molecule has 0 bridgehead atoms. The first-order chi connectivity index (χ1) is 9.04. The van der Waals surface area contributed by atoms with Crippen LogP contribution in [-0.4, -0.2) is 34.0 Å². The maximum atomic E-state index is 12.1. The van der Waals surface area contributed by atoms with E-state index in [2.05, 4.69) is 29.1 Å². The molecular formula is C14H22N4O. The monoisotopic (exact) mass is 262 g/mol. The molecule has 2 amide bonds. The fourth-order valence-corrected chi connectivity index (χ4v) is 2.71. The molecule has 2 rings (SSSR count). The summed E-state index contributed by atoms with van der Waals surface area (Å²) in [6.45, 7) is 8.40. The van der Waals surface area contributed by atoms with Gasteiger partial charge in [0.15, 0.2) is 0 Å². The molecule has 2 heterocycles. The Morgan fingerprint density at radius 2 is 2.11 bits per heavy atom. The van der Waals surface area contributed by atoms with Crippen LogP contribution >= 0.6 is 0 Å². The molecular weight excluding hydrogens is 240 g/mol. The fraction of sp³-hybridized carbons (Fsp3) is 0.643. The third-order valence-corrected chi connectivity index (χ3v) is 3.41. The van der Waals surface area contributed by atoms with Gasteiger partial charge in [-0.2, -0.15) is 0 Å². The average molecular weight is 262 g/mol. The number of nitrogens with zero attached hydrogens (tertiary/aromatic N) is 3. The third-order valence-electron chi connectivity index (χ3n) is 3.41. The zero-order valence-electron chi connectivity index (χ0n) is 11.9. The summed E-state index contributed by atoms with van der Waals surface area (Å²) in [7, 11) is 0. The maximum absolute atomic E-state index is 12.1. The minimum absolute atomic E-state index is 0.00895. The van der Waals surface area contributed by atoms with Crippen LogP contribution in [0.2, 0.25) is 0 Å². The number of amides is 2. The molecule has 1 aromatic rings. The summed E-state index contributed by atoms with van der Waals surface area (Å²) in [4.78, 5) is 22.3. The van der Waals surface area contributed by atoms with E-state index in [1.165, 1.54) is 6.42 Å². The Bertz CT molecular complexity index is 439. The van der Waals surface area contributed by atoms with Crippen molar-refractivity contribution in [2.45, 2.75) is 33.7 Å². The molecule has 1 aliphatic rings. The lowest BCUT2D eigenvalue weighted by Crippen LogP contribution is -2.47. The van der Waals surface area contributed by atoms with Crippen LogP contribution in [0.25, 0.3) is 0 Å². The molecule has 1 fully saturated rings. The second kappa shape index (κ2) is 5.99. The summed E-state index contributed by atoms with van der Waals surface area (Å²) in [5.74, 6) is 1.89. The summed E-state index contributed by atoms with van der Waals surface area (Å²) >= 11 is 0. The molecule has 104 valence electrons. The molecule has 5 heteroatoms. The summed E-state index contributed by atoms with van der Waals surface area (Å²) in [6.07, 6.45) is 2.92. The van der Waals surface area contributed by atoms with Crippen molar-refractivity contribution in [3.8, 4) is 0 Å². The quantitative estimate of drug-likeness (QED) is 0.886. The van der Waals surface area contributed by atoms with Crippen LogP contribution in [0.15, 0.2) is 12.3 Å². The van der Waals surface area contributed by atoms with Crippen molar-refractivity contribution in [1.82, 2.24) is 20.2 Å². The highest BCUT2D eigenvalue weighted by molar-refractivity contribution is 5.74. The predicted molar refractivity (Wildman–Crippen MR) is 73.5 cm³/mol. The minimum atomic E-state index is 0.00895. The van der Waals surface area contributed by atoms with E-state index in [9.17, 15) is 4.79 Å². The lowest BCUT2D eigenvalue weighted by Gasteiger charge is -2.34. The molecule has 1 aliphatic heterocycles. The highest BCUT2D eigenvalue weighted by atomic mass is 16.2.